The molecular formula is C17H23NO5S. The van der Waals surface area contributed by atoms with Gasteiger partial charge in [-0.2, -0.15) is 0 Å². The Morgan fingerprint density at radius 1 is 1.33 bits per heavy atom. The molecule has 0 aromatic heterocycles. The van der Waals surface area contributed by atoms with Gasteiger partial charge < -0.3 is 14.8 Å². The summed E-state index contributed by atoms with van der Waals surface area (Å²) in [5.74, 6) is 0.898. The number of hydrogen-bond donors (Lipinski definition) is 1. The maximum atomic E-state index is 12.0. The second-order valence-corrected chi connectivity index (χ2v) is 7.66. The molecule has 0 radical (unpaired) electrons. The van der Waals surface area contributed by atoms with E-state index < -0.39 is 9.84 Å². The third kappa shape index (κ3) is 5.26. The molecule has 1 aliphatic rings. The Balaban J connectivity index is 1.87. The van der Waals surface area contributed by atoms with Crippen molar-refractivity contribution in [3.63, 3.8) is 0 Å². The van der Waals surface area contributed by atoms with E-state index in [1.165, 1.54) is 5.41 Å². The van der Waals surface area contributed by atoms with Crippen molar-refractivity contribution in [2.75, 3.05) is 19.5 Å². The monoisotopic (exact) mass is 353 g/mol. The molecule has 6 nitrogen and oxygen atoms in total. The fourth-order valence-corrected chi connectivity index (χ4v) is 3.83. The number of nitrogens with one attached hydrogen (secondary N) is 1. The van der Waals surface area contributed by atoms with Gasteiger partial charge in [0.05, 0.1) is 19.5 Å². The molecule has 0 bridgehead atoms. The third-order valence-electron chi connectivity index (χ3n) is 3.63. The quantitative estimate of drug-likeness (QED) is 0.773. The molecule has 1 aliphatic heterocycles. The smallest absolute Gasteiger partial charge is 0.220 e. The summed E-state index contributed by atoms with van der Waals surface area (Å²) < 4.78 is 33.6. The zero-order valence-corrected chi connectivity index (χ0v) is 14.8. The third-order valence-corrected chi connectivity index (χ3v) is 5.10. The first-order valence-electron chi connectivity index (χ1n) is 7.91. The molecule has 1 aromatic carbocycles. The van der Waals surface area contributed by atoms with Crippen LogP contribution in [-0.4, -0.2) is 33.8 Å². The Morgan fingerprint density at radius 3 is 2.75 bits per heavy atom. The molecule has 2 rings (SSSR count). The minimum absolute atomic E-state index is 0.0116. The van der Waals surface area contributed by atoms with Crippen LogP contribution in [0.25, 0.3) is 0 Å². The van der Waals surface area contributed by atoms with Crippen LogP contribution >= 0.6 is 0 Å². The van der Waals surface area contributed by atoms with Crippen LogP contribution < -0.4 is 14.8 Å². The second kappa shape index (κ2) is 8.19. The largest absolute Gasteiger partial charge is 0.493 e. The molecule has 0 aliphatic carbocycles. The summed E-state index contributed by atoms with van der Waals surface area (Å²) in [6.07, 6.45) is 2.66. The number of ether oxygens (including phenoxy) is 2. The van der Waals surface area contributed by atoms with Crippen LogP contribution in [0.1, 0.15) is 25.3 Å². The topological polar surface area (TPSA) is 81.7 Å². The first-order chi connectivity index (χ1) is 11.4. The number of rotatable bonds is 8. The van der Waals surface area contributed by atoms with Crippen molar-refractivity contribution < 1.29 is 22.7 Å². The zero-order valence-electron chi connectivity index (χ0n) is 13.9. The van der Waals surface area contributed by atoms with Gasteiger partial charge in [-0.15, -0.1) is 0 Å². The molecule has 1 aromatic rings. The van der Waals surface area contributed by atoms with E-state index in [1.807, 2.05) is 25.1 Å². The highest BCUT2D eigenvalue weighted by Crippen LogP contribution is 2.28. The maximum Gasteiger partial charge on any atom is 0.220 e. The fourth-order valence-electron chi connectivity index (χ4n) is 2.43. The lowest BCUT2D eigenvalue weighted by Gasteiger charge is -2.12. The van der Waals surface area contributed by atoms with Gasteiger partial charge in [0.2, 0.25) is 5.91 Å². The molecule has 0 spiro atoms. The zero-order chi connectivity index (χ0) is 17.6. The Kier molecular flexibility index (Phi) is 6.25. The molecule has 1 amide bonds. The Labute approximate surface area is 142 Å². The Bertz CT molecular complexity index is 712. The van der Waals surface area contributed by atoms with Crippen molar-refractivity contribution >= 4 is 15.7 Å². The van der Waals surface area contributed by atoms with Gasteiger partial charge in [-0.3, -0.25) is 4.79 Å². The molecule has 1 N–H and O–H groups in total. The van der Waals surface area contributed by atoms with Gasteiger partial charge in [0, 0.05) is 24.3 Å². The molecule has 0 saturated heterocycles. The Hall–Kier alpha value is -2.02. The van der Waals surface area contributed by atoms with E-state index in [2.05, 4.69) is 5.32 Å². The van der Waals surface area contributed by atoms with Crippen molar-refractivity contribution in [2.24, 2.45) is 5.92 Å². The van der Waals surface area contributed by atoms with Gasteiger partial charge in [0.15, 0.2) is 21.3 Å². The van der Waals surface area contributed by atoms with Crippen LogP contribution in [0.3, 0.4) is 0 Å². The van der Waals surface area contributed by atoms with Crippen LogP contribution in [-0.2, 0) is 21.2 Å². The molecule has 0 saturated carbocycles. The van der Waals surface area contributed by atoms with E-state index in [9.17, 15) is 13.2 Å². The number of amides is 1. The van der Waals surface area contributed by atoms with Gasteiger partial charge in [0.1, 0.15) is 0 Å². The number of benzene rings is 1. The number of methoxy groups -OCH3 is 1. The lowest BCUT2D eigenvalue weighted by molar-refractivity contribution is -0.121. The molecule has 24 heavy (non-hydrogen) atoms. The Morgan fingerprint density at radius 2 is 2.12 bits per heavy atom. The summed E-state index contributed by atoms with van der Waals surface area (Å²) in [5.41, 5.74) is 0.888. The second-order valence-electron chi connectivity index (χ2n) is 5.73. The average molecular weight is 353 g/mol. The highest BCUT2D eigenvalue weighted by Gasteiger charge is 2.23. The number of carbonyl (C=O) groups is 1. The summed E-state index contributed by atoms with van der Waals surface area (Å²) in [5, 5.41) is 3.99. The predicted octanol–water partition coefficient (Wildman–Crippen LogP) is 2.05. The standard InChI is InChI=1S/C17H23NO5S/c1-3-7-23-15-5-4-13(9-16(15)22-2)11-18-17(19)10-14-6-8-24(20,21)12-14/h4-6,8-9,14H,3,7,10-12H2,1-2H3,(H,18,19). The first kappa shape index (κ1) is 18.3. The van der Waals surface area contributed by atoms with Crippen molar-refractivity contribution in [3.8, 4) is 11.5 Å². The SMILES string of the molecule is CCCOc1ccc(CNC(=O)CC2C=CS(=O)(=O)C2)cc1OC. The van der Waals surface area contributed by atoms with Crippen molar-refractivity contribution in [1.82, 2.24) is 5.32 Å². The lowest BCUT2D eigenvalue weighted by atomic mass is 10.1. The lowest BCUT2D eigenvalue weighted by Crippen LogP contribution is -2.25. The van der Waals surface area contributed by atoms with E-state index in [1.54, 1.807) is 13.2 Å². The van der Waals surface area contributed by atoms with Gasteiger partial charge >= 0.3 is 0 Å². The number of allylic oxidation sites excluding steroid dienone is 1. The fraction of sp³-hybridized carbons (Fsp3) is 0.471. The highest BCUT2D eigenvalue weighted by molar-refractivity contribution is 7.94. The van der Waals surface area contributed by atoms with Gasteiger partial charge in [0.25, 0.3) is 0 Å². The molecule has 1 atom stereocenters. The molecule has 0 fully saturated rings. The maximum absolute atomic E-state index is 12.0. The van der Waals surface area contributed by atoms with Gasteiger partial charge in [-0.25, -0.2) is 8.42 Å². The van der Waals surface area contributed by atoms with E-state index in [-0.39, 0.29) is 24.0 Å². The van der Waals surface area contributed by atoms with Gasteiger partial charge in [-0.05, 0) is 24.1 Å². The summed E-state index contributed by atoms with van der Waals surface area (Å²) in [6.45, 7) is 3.00. The van der Waals surface area contributed by atoms with Crippen molar-refractivity contribution in [3.05, 3.63) is 35.2 Å². The summed E-state index contributed by atoms with van der Waals surface area (Å²) in [7, 11) is -1.55. The number of sulfone groups is 1. The normalized spacial score (nSPS) is 18.3. The summed E-state index contributed by atoms with van der Waals surface area (Å²) in [6, 6.07) is 5.52. The van der Waals surface area contributed by atoms with E-state index in [0.29, 0.717) is 24.7 Å². The van der Waals surface area contributed by atoms with Crippen LogP contribution in [0.4, 0.5) is 0 Å². The van der Waals surface area contributed by atoms with E-state index in [0.717, 1.165) is 12.0 Å². The van der Waals surface area contributed by atoms with E-state index in [4.69, 9.17) is 9.47 Å². The highest BCUT2D eigenvalue weighted by atomic mass is 32.2. The summed E-state index contributed by atoms with van der Waals surface area (Å²) >= 11 is 0. The van der Waals surface area contributed by atoms with Crippen LogP contribution in [0.2, 0.25) is 0 Å². The molecule has 7 heteroatoms. The molecule has 1 unspecified atom stereocenters. The summed E-state index contributed by atoms with van der Waals surface area (Å²) in [4.78, 5) is 12.0. The average Bonchev–Trinajstić information content (AvgIpc) is 2.89. The van der Waals surface area contributed by atoms with Crippen LogP contribution in [0.15, 0.2) is 29.7 Å². The van der Waals surface area contributed by atoms with Gasteiger partial charge in [-0.1, -0.05) is 19.1 Å². The van der Waals surface area contributed by atoms with Crippen LogP contribution in [0, 0.1) is 5.92 Å². The molecule has 1 heterocycles. The number of carbonyl (C=O) groups excluding carboxylic acids is 1. The minimum atomic E-state index is -3.12. The molecule has 132 valence electrons. The van der Waals surface area contributed by atoms with Crippen LogP contribution in [0.5, 0.6) is 11.5 Å². The van der Waals surface area contributed by atoms with Crippen molar-refractivity contribution in [1.29, 1.82) is 0 Å². The minimum Gasteiger partial charge on any atom is -0.493 e. The van der Waals surface area contributed by atoms with Crippen molar-refractivity contribution in [2.45, 2.75) is 26.3 Å². The first-order valence-corrected chi connectivity index (χ1v) is 9.62. The van der Waals surface area contributed by atoms with E-state index >= 15 is 0 Å². The molecular weight excluding hydrogens is 330 g/mol. The predicted molar refractivity (Wildman–Crippen MR) is 91.7 cm³/mol. The number of hydrogen-bond acceptors (Lipinski definition) is 5.